The third-order valence-electron chi connectivity index (χ3n) is 3.79. The second-order valence-corrected chi connectivity index (χ2v) is 6.56. The fourth-order valence-electron chi connectivity index (χ4n) is 2.72. The van der Waals surface area contributed by atoms with Crippen molar-refractivity contribution < 1.29 is 4.79 Å². The predicted molar refractivity (Wildman–Crippen MR) is 87.7 cm³/mol. The van der Waals surface area contributed by atoms with Crippen LogP contribution in [0.4, 0.5) is 0 Å². The topological polar surface area (TPSA) is 66.9 Å². The lowest BCUT2D eigenvalue weighted by Crippen LogP contribution is -2.46. The molecule has 2 N–H and O–H groups in total. The minimum Gasteiger partial charge on any atom is -0.353 e. The first kappa shape index (κ1) is 15.1. The molecule has 22 heavy (non-hydrogen) atoms. The maximum atomic E-state index is 12.2. The molecule has 1 aliphatic heterocycles. The largest absolute Gasteiger partial charge is 0.353 e. The second-order valence-electron chi connectivity index (χ2n) is 5.71. The molecule has 1 saturated heterocycles. The summed E-state index contributed by atoms with van der Waals surface area (Å²) in [4.78, 5) is 20.8. The molecule has 2 aromatic heterocycles. The summed E-state index contributed by atoms with van der Waals surface area (Å²) in [5.74, 6) is 0.0575. The highest BCUT2D eigenvalue weighted by Gasteiger charge is 2.20. The summed E-state index contributed by atoms with van der Waals surface area (Å²) in [7, 11) is 0. The van der Waals surface area contributed by atoms with Gasteiger partial charge in [-0.1, -0.05) is 0 Å². The molecule has 1 amide bonds. The Labute approximate surface area is 134 Å². The second kappa shape index (κ2) is 6.98. The number of aromatic nitrogens is 2. The molecule has 116 valence electrons. The number of piperidine rings is 1. The summed E-state index contributed by atoms with van der Waals surface area (Å²) in [6.07, 6.45) is 5.86. The van der Waals surface area contributed by atoms with Crippen LogP contribution in [0.5, 0.6) is 0 Å². The van der Waals surface area contributed by atoms with Gasteiger partial charge in [0.2, 0.25) is 5.91 Å². The molecule has 0 bridgehead atoms. The number of thiazole rings is 1. The minimum atomic E-state index is 0.0575. The zero-order valence-corrected chi connectivity index (χ0v) is 13.4. The monoisotopic (exact) mass is 316 g/mol. The zero-order chi connectivity index (χ0) is 15.4. The molecule has 0 aromatic carbocycles. The van der Waals surface area contributed by atoms with Crippen molar-refractivity contribution in [3.8, 4) is 10.6 Å². The molecule has 3 rings (SSSR count). The van der Waals surface area contributed by atoms with E-state index < -0.39 is 0 Å². The van der Waals surface area contributed by atoms with Gasteiger partial charge in [-0.25, -0.2) is 4.98 Å². The van der Waals surface area contributed by atoms with Gasteiger partial charge in [0.05, 0.1) is 12.1 Å². The SMILES string of the molecule is CC1CC(NC(=O)Cc2csc(-c3cccnc3)n2)CCN1. The van der Waals surface area contributed by atoms with E-state index in [1.807, 2.05) is 17.5 Å². The van der Waals surface area contributed by atoms with Gasteiger partial charge in [0.1, 0.15) is 5.01 Å². The van der Waals surface area contributed by atoms with Crippen molar-refractivity contribution in [3.63, 3.8) is 0 Å². The van der Waals surface area contributed by atoms with Crippen LogP contribution in [0.2, 0.25) is 0 Å². The molecule has 5 nitrogen and oxygen atoms in total. The van der Waals surface area contributed by atoms with E-state index in [-0.39, 0.29) is 11.9 Å². The van der Waals surface area contributed by atoms with Crippen molar-refractivity contribution in [2.45, 2.75) is 38.3 Å². The zero-order valence-electron chi connectivity index (χ0n) is 12.6. The van der Waals surface area contributed by atoms with E-state index in [4.69, 9.17) is 0 Å². The lowest BCUT2D eigenvalue weighted by molar-refractivity contribution is -0.121. The first-order valence-corrected chi connectivity index (χ1v) is 8.46. The van der Waals surface area contributed by atoms with Gasteiger partial charge in [0.25, 0.3) is 0 Å². The van der Waals surface area contributed by atoms with Gasteiger partial charge in [-0.3, -0.25) is 9.78 Å². The molecule has 2 aromatic rings. The van der Waals surface area contributed by atoms with E-state index >= 15 is 0 Å². The summed E-state index contributed by atoms with van der Waals surface area (Å²) >= 11 is 1.55. The highest BCUT2D eigenvalue weighted by molar-refractivity contribution is 7.13. The number of carbonyl (C=O) groups excluding carboxylic acids is 1. The van der Waals surface area contributed by atoms with Crippen molar-refractivity contribution in [3.05, 3.63) is 35.6 Å². The molecular formula is C16H20N4OS. The number of nitrogens with one attached hydrogen (secondary N) is 2. The average Bonchev–Trinajstić information content (AvgIpc) is 2.96. The van der Waals surface area contributed by atoms with Crippen LogP contribution < -0.4 is 10.6 Å². The molecule has 0 spiro atoms. The van der Waals surface area contributed by atoms with E-state index in [0.29, 0.717) is 12.5 Å². The van der Waals surface area contributed by atoms with Crippen LogP contribution in [-0.2, 0) is 11.2 Å². The van der Waals surface area contributed by atoms with E-state index in [0.717, 1.165) is 35.7 Å². The molecule has 6 heteroatoms. The summed E-state index contributed by atoms with van der Waals surface area (Å²) in [6, 6.07) is 4.61. The fourth-order valence-corrected chi connectivity index (χ4v) is 3.53. The lowest BCUT2D eigenvalue weighted by atomic mass is 10.0. The molecule has 0 aliphatic carbocycles. The first-order chi connectivity index (χ1) is 10.7. The third kappa shape index (κ3) is 3.90. The smallest absolute Gasteiger partial charge is 0.226 e. The van der Waals surface area contributed by atoms with Gasteiger partial charge in [-0.05, 0) is 38.4 Å². The fraction of sp³-hybridized carbons (Fsp3) is 0.438. The summed E-state index contributed by atoms with van der Waals surface area (Å²) < 4.78 is 0. The van der Waals surface area contributed by atoms with Gasteiger partial charge in [0, 0.05) is 35.4 Å². The number of rotatable bonds is 4. The molecule has 0 saturated carbocycles. The number of hydrogen-bond donors (Lipinski definition) is 2. The van der Waals surface area contributed by atoms with Crippen molar-refractivity contribution in [1.82, 2.24) is 20.6 Å². The molecular weight excluding hydrogens is 296 g/mol. The number of carbonyl (C=O) groups is 1. The van der Waals surface area contributed by atoms with Crippen LogP contribution in [0.1, 0.15) is 25.5 Å². The van der Waals surface area contributed by atoms with Gasteiger partial charge in [0.15, 0.2) is 0 Å². The molecule has 0 radical (unpaired) electrons. The number of hydrogen-bond acceptors (Lipinski definition) is 5. The van der Waals surface area contributed by atoms with Gasteiger partial charge < -0.3 is 10.6 Å². The minimum absolute atomic E-state index is 0.0575. The van der Waals surface area contributed by atoms with Crippen LogP contribution in [0.15, 0.2) is 29.9 Å². The van der Waals surface area contributed by atoms with Crippen LogP contribution in [0.25, 0.3) is 10.6 Å². The summed E-state index contributed by atoms with van der Waals surface area (Å²) in [6.45, 7) is 3.12. The number of pyridine rings is 1. The Morgan fingerprint density at radius 3 is 3.23 bits per heavy atom. The van der Waals surface area contributed by atoms with Crippen LogP contribution >= 0.6 is 11.3 Å². The highest BCUT2D eigenvalue weighted by Crippen LogP contribution is 2.22. The molecule has 1 fully saturated rings. The van der Waals surface area contributed by atoms with Crippen molar-refractivity contribution in [2.75, 3.05) is 6.54 Å². The molecule has 2 atom stereocenters. The quantitative estimate of drug-likeness (QED) is 0.905. The van der Waals surface area contributed by atoms with E-state index in [9.17, 15) is 4.79 Å². The van der Waals surface area contributed by atoms with Crippen LogP contribution in [0, 0.1) is 0 Å². The first-order valence-electron chi connectivity index (χ1n) is 7.58. The Hall–Kier alpha value is -1.79. The Morgan fingerprint density at radius 1 is 1.55 bits per heavy atom. The van der Waals surface area contributed by atoms with Crippen molar-refractivity contribution in [1.29, 1.82) is 0 Å². The van der Waals surface area contributed by atoms with E-state index in [2.05, 4.69) is 27.5 Å². The Morgan fingerprint density at radius 2 is 2.45 bits per heavy atom. The lowest BCUT2D eigenvalue weighted by Gasteiger charge is -2.28. The van der Waals surface area contributed by atoms with Crippen molar-refractivity contribution >= 4 is 17.2 Å². The Bertz CT molecular complexity index is 628. The van der Waals surface area contributed by atoms with Gasteiger partial charge in [-0.15, -0.1) is 11.3 Å². The third-order valence-corrected chi connectivity index (χ3v) is 4.73. The van der Waals surface area contributed by atoms with Crippen LogP contribution in [0.3, 0.4) is 0 Å². The standard InChI is InChI=1S/C16H20N4OS/c1-11-7-13(4-6-18-11)19-15(21)8-14-10-22-16(20-14)12-3-2-5-17-9-12/h2-3,5,9-11,13,18H,4,6-8H2,1H3,(H,19,21). The molecule has 1 aliphatic rings. The van der Waals surface area contributed by atoms with Gasteiger partial charge >= 0.3 is 0 Å². The highest BCUT2D eigenvalue weighted by atomic mass is 32.1. The van der Waals surface area contributed by atoms with Crippen LogP contribution in [-0.4, -0.2) is 34.5 Å². The Kier molecular flexibility index (Phi) is 4.80. The maximum Gasteiger partial charge on any atom is 0.226 e. The average molecular weight is 316 g/mol. The predicted octanol–water partition coefficient (Wildman–Crippen LogP) is 2.00. The van der Waals surface area contributed by atoms with E-state index in [1.54, 1.807) is 23.7 Å². The molecule has 2 unspecified atom stereocenters. The van der Waals surface area contributed by atoms with E-state index in [1.165, 1.54) is 0 Å². The van der Waals surface area contributed by atoms with Gasteiger partial charge in [-0.2, -0.15) is 0 Å². The van der Waals surface area contributed by atoms with Crippen molar-refractivity contribution in [2.24, 2.45) is 0 Å². The maximum absolute atomic E-state index is 12.2. The summed E-state index contributed by atoms with van der Waals surface area (Å²) in [5.41, 5.74) is 1.81. The normalized spacial score (nSPS) is 21.5. The number of nitrogens with zero attached hydrogens (tertiary/aromatic N) is 2. The summed E-state index contributed by atoms with van der Waals surface area (Å²) in [5, 5.41) is 9.37. The molecule has 3 heterocycles. The number of amides is 1. The Balaban J connectivity index is 1.57.